The van der Waals surface area contributed by atoms with Crippen molar-refractivity contribution >= 4 is 12.0 Å². The first-order valence-electron chi connectivity index (χ1n) is 6.88. The summed E-state index contributed by atoms with van der Waals surface area (Å²) in [6.07, 6.45) is 3.79. The normalized spacial score (nSPS) is 15.5. The van der Waals surface area contributed by atoms with Crippen LogP contribution >= 0.6 is 0 Å². The second-order valence-electron chi connectivity index (χ2n) is 5.11. The van der Waals surface area contributed by atoms with Gasteiger partial charge in [0.15, 0.2) is 0 Å². The predicted octanol–water partition coefficient (Wildman–Crippen LogP) is 1.43. The summed E-state index contributed by atoms with van der Waals surface area (Å²) in [7, 11) is 1.59. The van der Waals surface area contributed by atoms with Gasteiger partial charge >= 0.3 is 12.0 Å². The van der Waals surface area contributed by atoms with E-state index in [9.17, 15) is 9.59 Å². The minimum Gasteiger partial charge on any atom is -0.480 e. The zero-order valence-electron chi connectivity index (χ0n) is 12.2. The fraction of sp³-hybridized carbons (Fsp3) is 0.714. The lowest BCUT2D eigenvalue weighted by molar-refractivity contribution is -0.137. The quantitative estimate of drug-likeness (QED) is 0.650. The van der Waals surface area contributed by atoms with Crippen molar-refractivity contribution in [3.63, 3.8) is 0 Å². The first-order valence-corrected chi connectivity index (χ1v) is 6.88. The molecule has 1 aliphatic rings. The minimum atomic E-state index is -1.02. The number of methoxy groups -OCH3 is 1. The van der Waals surface area contributed by atoms with Gasteiger partial charge in [-0.25, -0.2) is 4.79 Å². The van der Waals surface area contributed by atoms with Crippen LogP contribution in [0.2, 0.25) is 0 Å². The molecule has 0 spiro atoms. The van der Waals surface area contributed by atoms with Gasteiger partial charge < -0.3 is 19.6 Å². The summed E-state index contributed by atoms with van der Waals surface area (Å²) in [5.74, 6) is -0.503. The van der Waals surface area contributed by atoms with Crippen LogP contribution in [0.1, 0.15) is 19.8 Å². The van der Waals surface area contributed by atoms with E-state index < -0.39 is 5.97 Å². The lowest BCUT2D eigenvalue weighted by Gasteiger charge is -2.33. The maximum atomic E-state index is 12.5. The van der Waals surface area contributed by atoms with E-state index in [-0.39, 0.29) is 25.2 Å². The van der Waals surface area contributed by atoms with Gasteiger partial charge in [0.25, 0.3) is 0 Å². The van der Waals surface area contributed by atoms with Crippen molar-refractivity contribution in [3.8, 4) is 0 Å². The summed E-state index contributed by atoms with van der Waals surface area (Å²) < 4.78 is 5.04. The average molecular weight is 284 g/mol. The maximum absolute atomic E-state index is 12.5. The number of hydrogen-bond acceptors (Lipinski definition) is 3. The number of carboxylic acid groups (broad SMARTS) is 1. The van der Waals surface area contributed by atoms with Crippen molar-refractivity contribution in [1.29, 1.82) is 0 Å². The van der Waals surface area contributed by atoms with E-state index in [4.69, 9.17) is 9.84 Å². The van der Waals surface area contributed by atoms with E-state index in [2.05, 4.69) is 6.58 Å². The molecule has 1 atom stereocenters. The Balaban J connectivity index is 2.75. The third-order valence-electron chi connectivity index (χ3n) is 3.52. The molecule has 0 aromatic heterocycles. The van der Waals surface area contributed by atoms with Crippen molar-refractivity contribution in [2.75, 3.05) is 33.4 Å². The number of amides is 2. The molecule has 0 aromatic rings. The highest BCUT2D eigenvalue weighted by atomic mass is 16.5. The van der Waals surface area contributed by atoms with E-state index in [0.29, 0.717) is 19.1 Å². The van der Waals surface area contributed by atoms with Crippen LogP contribution in [0.3, 0.4) is 0 Å². The standard InChI is InChI=1S/C14H24N2O4/c1-4-7-15(10-13(17)18)14(19)16(8-9-20-3)11(2)12-5-6-12/h4,11-12H,1,5-10H2,2-3H3,(H,17,18). The van der Waals surface area contributed by atoms with Crippen LogP contribution in [0.25, 0.3) is 0 Å². The zero-order chi connectivity index (χ0) is 15.1. The molecule has 6 heteroatoms. The number of urea groups is 1. The summed E-state index contributed by atoms with van der Waals surface area (Å²) in [5.41, 5.74) is 0. The Bertz CT molecular complexity index is 355. The highest BCUT2D eigenvalue weighted by Crippen LogP contribution is 2.35. The van der Waals surface area contributed by atoms with Crippen LogP contribution in [-0.4, -0.2) is 66.3 Å². The molecule has 6 nitrogen and oxygen atoms in total. The van der Waals surface area contributed by atoms with Crippen molar-refractivity contribution in [3.05, 3.63) is 12.7 Å². The Kier molecular flexibility index (Phi) is 6.51. The highest BCUT2D eigenvalue weighted by molar-refractivity contribution is 5.80. The van der Waals surface area contributed by atoms with Gasteiger partial charge in [-0.1, -0.05) is 6.08 Å². The first-order chi connectivity index (χ1) is 9.51. The highest BCUT2D eigenvalue weighted by Gasteiger charge is 2.35. The van der Waals surface area contributed by atoms with Crippen molar-refractivity contribution < 1.29 is 19.4 Å². The summed E-state index contributed by atoms with van der Waals surface area (Å²) in [5, 5.41) is 8.91. The van der Waals surface area contributed by atoms with Crippen LogP contribution in [0.4, 0.5) is 4.79 Å². The molecule has 0 saturated heterocycles. The fourth-order valence-corrected chi connectivity index (χ4v) is 2.21. The van der Waals surface area contributed by atoms with E-state index in [1.54, 1.807) is 12.0 Å². The largest absolute Gasteiger partial charge is 0.480 e. The number of rotatable bonds is 9. The van der Waals surface area contributed by atoms with Crippen LogP contribution < -0.4 is 0 Å². The number of carbonyl (C=O) groups is 2. The van der Waals surface area contributed by atoms with Gasteiger partial charge in [-0.2, -0.15) is 0 Å². The van der Waals surface area contributed by atoms with Crippen LogP contribution in [0.5, 0.6) is 0 Å². The third-order valence-corrected chi connectivity index (χ3v) is 3.52. The van der Waals surface area contributed by atoms with Gasteiger partial charge in [0.05, 0.1) is 6.61 Å². The van der Waals surface area contributed by atoms with E-state index in [0.717, 1.165) is 12.8 Å². The van der Waals surface area contributed by atoms with Crippen LogP contribution in [0, 0.1) is 5.92 Å². The molecule has 1 N–H and O–H groups in total. The molecule has 114 valence electrons. The van der Waals surface area contributed by atoms with E-state index in [1.807, 2.05) is 6.92 Å². The molecule has 0 radical (unpaired) electrons. The number of nitrogens with zero attached hydrogens (tertiary/aromatic N) is 2. The third kappa shape index (κ3) is 4.85. The Morgan fingerprint density at radius 2 is 2.15 bits per heavy atom. The lowest BCUT2D eigenvalue weighted by atomic mass is 10.2. The molecular formula is C14H24N2O4. The SMILES string of the molecule is C=CCN(CC(=O)O)C(=O)N(CCOC)C(C)C1CC1. The molecule has 0 aromatic carbocycles. The Hall–Kier alpha value is -1.56. The molecule has 1 unspecified atom stereocenters. The van der Waals surface area contributed by atoms with E-state index in [1.165, 1.54) is 11.0 Å². The van der Waals surface area contributed by atoms with Gasteiger partial charge in [-0.15, -0.1) is 6.58 Å². The molecule has 1 saturated carbocycles. The molecule has 1 rings (SSSR count). The first kappa shape index (κ1) is 16.5. The van der Waals surface area contributed by atoms with Crippen LogP contribution in [-0.2, 0) is 9.53 Å². The minimum absolute atomic E-state index is 0.110. The second-order valence-corrected chi connectivity index (χ2v) is 5.11. The Morgan fingerprint density at radius 3 is 2.60 bits per heavy atom. The Morgan fingerprint density at radius 1 is 1.50 bits per heavy atom. The zero-order valence-corrected chi connectivity index (χ0v) is 12.2. The van der Waals surface area contributed by atoms with E-state index >= 15 is 0 Å². The number of aliphatic carboxylic acids is 1. The fourth-order valence-electron chi connectivity index (χ4n) is 2.21. The maximum Gasteiger partial charge on any atom is 0.323 e. The smallest absolute Gasteiger partial charge is 0.323 e. The van der Waals surface area contributed by atoms with Gasteiger partial charge in [0.2, 0.25) is 0 Å². The average Bonchev–Trinajstić information content (AvgIpc) is 3.22. The number of ether oxygens (including phenoxy) is 1. The lowest BCUT2D eigenvalue weighted by Crippen LogP contribution is -2.50. The predicted molar refractivity (Wildman–Crippen MR) is 75.6 cm³/mol. The number of hydrogen-bond donors (Lipinski definition) is 1. The summed E-state index contributed by atoms with van der Waals surface area (Å²) >= 11 is 0. The number of carbonyl (C=O) groups excluding carboxylic acids is 1. The van der Waals surface area contributed by atoms with Crippen LogP contribution in [0.15, 0.2) is 12.7 Å². The van der Waals surface area contributed by atoms with Crippen molar-refractivity contribution in [2.45, 2.75) is 25.8 Å². The molecule has 0 bridgehead atoms. The van der Waals surface area contributed by atoms with Gasteiger partial charge in [0, 0.05) is 26.2 Å². The molecular weight excluding hydrogens is 260 g/mol. The molecule has 0 aliphatic heterocycles. The van der Waals surface area contributed by atoms with Crippen molar-refractivity contribution in [1.82, 2.24) is 9.80 Å². The van der Waals surface area contributed by atoms with Crippen molar-refractivity contribution in [2.24, 2.45) is 5.92 Å². The van der Waals surface area contributed by atoms with Gasteiger partial charge in [0.1, 0.15) is 6.54 Å². The summed E-state index contributed by atoms with van der Waals surface area (Å²) in [4.78, 5) is 26.4. The number of carboxylic acids is 1. The molecule has 1 aliphatic carbocycles. The molecule has 0 heterocycles. The molecule has 20 heavy (non-hydrogen) atoms. The van der Waals surface area contributed by atoms with Gasteiger partial charge in [-0.05, 0) is 25.7 Å². The topological polar surface area (TPSA) is 70.1 Å². The monoisotopic (exact) mass is 284 g/mol. The molecule has 1 fully saturated rings. The summed E-state index contributed by atoms with van der Waals surface area (Å²) in [6, 6.07) is -0.150. The van der Waals surface area contributed by atoms with Gasteiger partial charge in [-0.3, -0.25) is 4.79 Å². The second kappa shape index (κ2) is 7.89. The Labute approximate surface area is 120 Å². The molecule has 2 amide bonds. The summed E-state index contributed by atoms with van der Waals surface area (Å²) in [6.45, 7) is 6.42.